The Balaban J connectivity index is 1.92. The second-order valence-corrected chi connectivity index (χ2v) is 8.02. The van der Waals surface area contributed by atoms with Crippen molar-refractivity contribution in [2.45, 2.75) is 25.0 Å². The molecule has 2 heterocycles. The number of imidazole rings is 1. The van der Waals surface area contributed by atoms with Crippen LogP contribution < -0.4 is 0 Å². The van der Waals surface area contributed by atoms with Crippen LogP contribution in [-0.2, 0) is 27.9 Å². The number of rotatable bonds is 6. The zero-order chi connectivity index (χ0) is 18.9. The van der Waals surface area contributed by atoms with E-state index in [1.54, 1.807) is 30.5 Å². The van der Waals surface area contributed by atoms with Crippen molar-refractivity contribution in [2.24, 2.45) is 0 Å². The van der Waals surface area contributed by atoms with Gasteiger partial charge in [0, 0.05) is 26.8 Å². The third kappa shape index (κ3) is 3.23. The number of hydrogen-bond acceptors (Lipinski definition) is 5. The minimum absolute atomic E-state index is 0.00383. The molecule has 138 valence electrons. The zero-order valence-corrected chi connectivity index (χ0v) is 15.6. The predicted octanol–water partition coefficient (Wildman–Crippen LogP) is 1.99. The lowest BCUT2D eigenvalue weighted by atomic mass is 10.3. The van der Waals surface area contributed by atoms with Gasteiger partial charge < -0.3 is 14.3 Å². The van der Waals surface area contributed by atoms with Gasteiger partial charge in [-0.25, -0.2) is 22.5 Å². The number of nitrogens with one attached hydrogen (secondary N) is 1. The first kappa shape index (κ1) is 18.2. The smallest absolute Gasteiger partial charge is 0.355 e. The van der Waals surface area contributed by atoms with Crippen molar-refractivity contribution in [2.75, 3.05) is 14.1 Å². The zero-order valence-electron chi connectivity index (χ0n) is 14.8. The molecule has 0 aliphatic rings. The van der Waals surface area contributed by atoms with Gasteiger partial charge in [-0.15, -0.1) is 0 Å². The van der Waals surface area contributed by atoms with Crippen LogP contribution in [0.1, 0.15) is 23.2 Å². The molecule has 9 heteroatoms. The second-order valence-electron chi connectivity index (χ2n) is 5.87. The van der Waals surface area contributed by atoms with Crippen molar-refractivity contribution < 1.29 is 17.9 Å². The Morgan fingerprint density at radius 3 is 2.69 bits per heavy atom. The number of aryl methyl sites for hydroxylation is 1. The maximum absolute atomic E-state index is 12.3. The van der Waals surface area contributed by atoms with Crippen molar-refractivity contribution in [3.8, 4) is 0 Å². The Kier molecular flexibility index (Phi) is 4.84. The molecule has 0 aliphatic heterocycles. The summed E-state index contributed by atoms with van der Waals surface area (Å²) in [5.41, 5.74) is 1.69. The molecule has 0 spiro atoms. The Hall–Kier alpha value is -2.65. The summed E-state index contributed by atoms with van der Waals surface area (Å²) >= 11 is 0. The number of nitrogens with zero attached hydrogens (tertiary/aromatic N) is 3. The molecule has 1 N–H and O–H groups in total. The topological polar surface area (TPSA) is 97.3 Å². The number of benzene rings is 1. The van der Waals surface area contributed by atoms with Crippen molar-refractivity contribution in [1.29, 1.82) is 0 Å². The van der Waals surface area contributed by atoms with Crippen molar-refractivity contribution in [3.63, 3.8) is 0 Å². The average Bonchev–Trinajstić information content (AvgIpc) is 3.26. The number of carbonyl (C=O) groups is 1. The fourth-order valence-corrected chi connectivity index (χ4v) is 3.58. The Bertz CT molecular complexity index is 1040. The quantitative estimate of drug-likeness (QED) is 0.664. The number of H-pyrrole nitrogens is 1. The molecule has 3 rings (SSSR count). The number of fused-ring (bicyclic) bond motifs is 1. The van der Waals surface area contributed by atoms with Crippen LogP contribution in [-0.4, -0.2) is 47.3 Å². The number of aromatic nitrogens is 3. The van der Waals surface area contributed by atoms with Crippen molar-refractivity contribution >= 4 is 27.0 Å². The molecule has 0 aliphatic carbocycles. The minimum atomic E-state index is -3.54. The highest BCUT2D eigenvalue weighted by atomic mass is 32.2. The lowest BCUT2D eigenvalue weighted by Crippen LogP contribution is -2.22. The van der Waals surface area contributed by atoms with E-state index in [2.05, 4.69) is 9.97 Å². The molecular weight excluding hydrogens is 356 g/mol. The number of hydrogen-bond donors (Lipinski definition) is 1. The number of esters is 1. The molecule has 0 saturated carbocycles. The van der Waals surface area contributed by atoms with Crippen LogP contribution in [0.25, 0.3) is 11.0 Å². The van der Waals surface area contributed by atoms with Crippen molar-refractivity contribution in [1.82, 2.24) is 18.8 Å². The lowest BCUT2D eigenvalue weighted by Gasteiger charge is -2.11. The largest absolute Gasteiger partial charge is 0.453 e. The highest BCUT2D eigenvalue weighted by Crippen LogP contribution is 2.22. The van der Waals surface area contributed by atoms with E-state index in [1.165, 1.54) is 20.2 Å². The standard InChI is InChI=1S/C17H20N4O4S/c1-4-21-15-8-7-12(26(23,24)20(2)3)10-14(15)19-16(21)11-25-17(22)13-6-5-9-18-13/h5-10,18H,4,11H2,1-3H3. The molecule has 0 saturated heterocycles. The highest BCUT2D eigenvalue weighted by molar-refractivity contribution is 7.89. The van der Waals surface area contributed by atoms with E-state index < -0.39 is 16.0 Å². The first-order valence-electron chi connectivity index (χ1n) is 8.06. The normalized spacial score (nSPS) is 12.0. The Morgan fingerprint density at radius 1 is 1.31 bits per heavy atom. The summed E-state index contributed by atoms with van der Waals surface area (Å²) in [5, 5.41) is 0. The van der Waals surface area contributed by atoms with Gasteiger partial charge in [-0.1, -0.05) is 0 Å². The van der Waals surface area contributed by atoms with E-state index in [4.69, 9.17) is 4.74 Å². The Morgan fingerprint density at radius 2 is 2.08 bits per heavy atom. The summed E-state index contributed by atoms with van der Waals surface area (Å²) in [6.45, 7) is 2.56. The highest BCUT2D eigenvalue weighted by Gasteiger charge is 2.20. The SMILES string of the molecule is CCn1c(COC(=O)c2ccc[nH]2)nc2cc(S(=O)(=O)N(C)C)ccc21. The number of sulfonamides is 1. The van der Waals surface area contributed by atoms with Gasteiger partial charge in [0.1, 0.15) is 18.1 Å². The number of ether oxygens (including phenoxy) is 1. The summed E-state index contributed by atoms with van der Waals surface area (Å²) in [4.78, 5) is 19.4. The third-order valence-corrected chi connectivity index (χ3v) is 5.85. The Labute approximate surface area is 151 Å². The average molecular weight is 376 g/mol. The van der Waals surface area contributed by atoms with E-state index in [9.17, 15) is 13.2 Å². The first-order valence-corrected chi connectivity index (χ1v) is 9.50. The molecule has 2 aromatic heterocycles. The van der Waals surface area contributed by atoms with Gasteiger partial charge in [-0.2, -0.15) is 0 Å². The summed E-state index contributed by atoms with van der Waals surface area (Å²) in [7, 11) is -0.576. The van der Waals surface area contributed by atoms with Crippen LogP contribution >= 0.6 is 0 Å². The van der Waals surface area contributed by atoms with Gasteiger partial charge in [0.05, 0.1) is 15.9 Å². The van der Waals surface area contributed by atoms with Gasteiger partial charge in [-0.05, 0) is 37.3 Å². The van der Waals surface area contributed by atoms with E-state index >= 15 is 0 Å². The molecule has 1 aromatic carbocycles. The molecule has 0 amide bonds. The molecular formula is C17H20N4O4S. The van der Waals surface area contributed by atoms with E-state index in [0.717, 1.165) is 9.82 Å². The monoisotopic (exact) mass is 376 g/mol. The lowest BCUT2D eigenvalue weighted by molar-refractivity contribution is 0.0452. The van der Waals surface area contributed by atoms with Gasteiger partial charge in [0.15, 0.2) is 0 Å². The van der Waals surface area contributed by atoms with Gasteiger partial charge in [0.25, 0.3) is 0 Å². The van der Waals surface area contributed by atoms with E-state index in [-0.39, 0.29) is 11.5 Å². The summed E-state index contributed by atoms with van der Waals surface area (Å²) in [5.74, 6) is 0.0855. The van der Waals surface area contributed by atoms with Crippen LogP contribution in [0.2, 0.25) is 0 Å². The van der Waals surface area contributed by atoms with Crippen molar-refractivity contribution in [3.05, 3.63) is 48.0 Å². The van der Waals surface area contributed by atoms with Crippen LogP contribution in [0.5, 0.6) is 0 Å². The molecule has 0 atom stereocenters. The molecule has 8 nitrogen and oxygen atoms in total. The first-order chi connectivity index (χ1) is 12.3. The van der Waals surface area contributed by atoms with E-state index in [0.29, 0.717) is 23.6 Å². The van der Waals surface area contributed by atoms with Gasteiger partial charge in [-0.3, -0.25) is 0 Å². The molecule has 26 heavy (non-hydrogen) atoms. The number of carbonyl (C=O) groups excluding carboxylic acids is 1. The van der Waals surface area contributed by atoms with Gasteiger partial charge >= 0.3 is 5.97 Å². The minimum Gasteiger partial charge on any atom is -0.453 e. The van der Waals surface area contributed by atoms with Crippen LogP contribution in [0.4, 0.5) is 0 Å². The van der Waals surface area contributed by atoms with Crippen LogP contribution in [0.3, 0.4) is 0 Å². The maximum atomic E-state index is 12.3. The maximum Gasteiger partial charge on any atom is 0.355 e. The van der Waals surface area contributed by atoms with Crippen LogP contribution in [0, 0.1) is 0 Å². The molecule has 0 fully saturated rings. The summed E-state index contributed by atoms with van der Waals surface area (Å²) < 4.78 is 33.0. The molecule has 0 radical (unpaired) electrons. The third-order valence-electron chi connectivity index (χ3n) is 4.04. The molecule has 0 unspecified atom stereocenters. The number of aromatic amines is 1. The molecule has 3 aromatic rings. The van der Waals surface area contributed by atoms with Gasteiger partial charge in [0.2, 0.25) is 10.0 Å². The summed E-state index contributed by atoms with van der Waals surface area (Å²) in [6.07, 6.45) is 1.64. The van der Waals surface area contributed by atoms with E-state index in [1.807, 2.05) is 11.5 Å². The van der Waals surface area contributed by atoms with Crippen LogP contribution in [0.15, 0.2) is 41.4 Å². The fraction of sp³-hybridized carbons (Fsp3) is 0.294. The summed E-state index contributed by atoms with van der Waals surface area (Å²) in [6, 6.07) is 8.15. The second kappa shape index (κ2) is 6.93. The predicted molar refractivity (Wildman–Crippen MR) is 96.2 cm³/mol. The molecule has 0 bridgehead atoms. The fourth-order valence-electron chi connectivity index (χ4n) is 2.66.